The van der Waals surface area contributed by atoms with Gasteiger partial charge in [-0.25, -0.2) is 0 Å². The zero-order chi connectivity index (χ0) is 15.5. The molecule has 2 aromatic carbocycles. The highest BCUT2D eigenvalue weighted by Crippen LogP contribution is 2.28. The molecule has 3 rings (SSSR count). The van der Waals surface area contributed by atoms with E-state index in [0.29, 0.717) is 11.1 Å². The molecule has 114 valence electrons. The van der Waals surface area contributed by atoms with E-state index >= 15 is 0 Å². The van der Waals surface area contributed by atoms with Crippen LogP contribution in [-0.4, -0.2) is 11.9 Å². The molecule has 22 heavy (non-hydrogen) atoms. The Labute approximate surface area is 135 Å². The van der Waals surface area contributed by atoms with Crippen molar-refractivity contribution in [2.45, 2.75) is 31.8 Å². The van der Waals surface area contributed by atoms with Gasteiger partial charge in [0, 0.05) is 16.8 Å². The third-order valence-electron chi connectivity index (χ3n) is 3.89. The highest BCUT2D eigenvalue weighted by atomic mass is 35.5. The number of anilines is 1. The Morgan fingerprint density at radius 3 is 2.55 bits per heavy atom. The van der Waals surface area contributed by atoms with E-state index < -0.39 is 6.04 Å². The fourth-order valence-electron chi connectivity index (χ4n) is 2.38. The first-order valence-electron chi connectivity index (χ1n) is 7.52. The maximum Gasteiger partial charge on any atom is 0.247 e. The van der Waals surface area contributed by atoms with Crippen LogP contribution in [0.25, 0.3) is 0 Å². The van der Waals surface area contributed by atoms with Crippen LogP contribution < -0.4 is 10.6 Å². The molecule has 0 spiro atoms. The van der Waals surface area contributed by atoms with Crippen LogP contribution in [-0.2, 0) is 4.79 Å². The van der Waals surface area contributed by atoms with Gasteiger partial charge in [-0.2, -0.15) is 0 Å². The average molecular weight is 315 g/mol. The van der Waals surface area contributed by atoms with Crippen LogP contribution >= 0.6 is 11.6 Å². The van der Waals surface area contributed by atoms with E-state index in [4.69, 9.17) is 11.6 Å². The van der Waals surface area contributed by atoms with E-state index in [1.807, 2.05) is 55.5 Å². The zero-order valence-corrected chi connectivity index (χ0v) is 13.2. The van der Waals surface area contributed by atoms with Crippen LogP contribution in [0.1, 0.15) is 30.0 Å². The molecule has 1 atom stereocenters. The van der Waals surface area contributed by atoms with E-state index in [0.717, 1.165) is 29.7 Å². The van der Waals surface area contributed by atoms with Crippen molar-refractivity contribution in [3.05, 3.63) is 64.7 Å². The maximum absolute atomic E-state index is 12.6. The van der Waals surface area contributed by atoms with Crippen LogP contribution in [0.5, 0.6) is 0 Å². The van der Waals surface area contributed by atoms with Crippen LogP contribution in [0.3, 0.4) is 0 Å². The fourth-order valence-corrected chi connectivity index (χ4v) is 2.55. The first-order chi connectivity index (χ1) is 10.6. The number of carbonyl (C=O) groups excluding carboxylic acids is 1. The van der Waals surface area contributed by atoms with Crippen molar-refractivity contribution in [1.82, 2.24) is 5.32 Å². The number of benzene rings is 2. The Morgan fingerprint density at radius 2 is 1.86 bits per heavy atom. The Kier molecular flexibility index (Phi) is 4.34. The van der Waals surface area contributed by atoms with E-state index in [1.54, 1.807) is 0 Å². The summed E-state index contributed by atoms with van der Waals surface area (Å²) in [7, 11) is 0. The molecule has 0 heterocycles. The maximum atomic E-state index is 12.6. The molecule has 1 aliphatic rings. The predicted molar refractivity (Wildman–Crippen MR) is 90.2 cm³/mol. The van der Waals surface area contributed by atoms with Gasteiger partial charge in [0.05, 0.1) is 0 Å². The van der Waals surface area contributed by atoms with Gasteiger partial charge in [-0.05, 0) is 43.0 Å². The number of carbonyl (C=O) groups is 1. The lowest BCUT2D eigenvalue weighted by Gasteiger charge is -2.21. The lowest BCUT2D eigenvalue weighted by atomic mass is 10.0. The standard InChI is InChI=1S/C18H19ClN2O/c1-12-15(19)8-5-9-16(12)21-17(13-6-3-2-4-7-13)18(22)20-14-10-11-14/h2-9,14,17,21H,10-11H2,1H3,(H,20,22). The molecule has 1 amide bonds. The molecule has 1 aliphatic carbocycles. The van der Waals surface area contributed by atoms with Gasteiger partial charge in [0.15, 0.2) is 0 Å². The molecule has 0 radical (unpaired) electrons. The van der Waals surface area contributed by atoms with Gasteiger partial charge in [0.2, 0.25) is 5.91 Å². The normalized spacial score (nSPS) is 15.2. The van der Waals surface area contributed by atoms with Crippen molar-refractivity contribution in [2.24, 2.45) is 0 Å². The number of amides is 1. The average Bonchev–Trinajstić information content (AvgIpc) is 3.33. The summed E-state index contributed by atoms with van der Waals surface area (Å²) in [5.74, 6) is 0.00748. The molecular formula is C18H19ClN2O. The number of hydrogen-bond acceptors (Lipinski definition) is 2. The molecule has 4 heteroatoms. The van der Waals surface area contributed by atoms with Gasteiger partial charge in [0.1, 0.15) is 6.04 Å². The molecule has 2 N–H and O–H groups in total. The first-order valence-corrected chi connectivity index (χ1v) is 7.90. The van der Waals surface area contributed by atoms with Crippen molar-refractivity contribution >= 4 is 23.2 Å². The van der Waals surface area contributed by atoms with Crippen LogP contribution in [0, 0.1) is 6.92 Å². The molecule has 0 bridgehead atoms. The van der Waals surface area contributed by atoms with Gasteiger partial charge in [0.25, 0.3) is 0 Å². The molecule has 3 nitrogen and oxygen atoms in total. The zero-order valence-electron chi connectivity index (χ0n) is 12.5. The Morgan fingerprint density at radius 1 is 1.14 bits per heavy atom. The van der Waals surface area contributed by atoms with Crippen LogP contribution in [0.15, 0.2) is 48.5 Å². The van der Waals surface area contributed by atoms with E-state index in [-0.39, 0.29) is 5.91 Å². The van der Waals surface area contributed by atoms with Crippen molar-refractivity contribution in [2.75, 3.05) is 5.32 Å². The molecule has 1 unspecified atom stereocenters. The van der Waals surface area contributed by atoms with Crippen LogP contribution in [0.4, 0.5) is 5.69 Å². The minimum Gasteiger partial charge on any atom is -0.370 e. The Bertz CT molecular complexity index is 668. The monoisotopic (exact) mass is 314 g/mol. The summed E-state index contributed by atoms with van der Waals surface area (Å²) >= 11 is 6.18. The number of hydrogen-bond donors (Lipinski definition) is 2. The summed E-state index contributed by atoms with van der Waals surface area (Å²) in [4.78, 5) is 12.6. The molecule has 0 aliphatic heterocycles. The SMILES string of the molecule is Cc1c(Cl)cccc1NC(C(=O)NC1CC1)c1ccccc1. The molecular weight excluding hydrogens is 296 g/mol. The fraction of sp³-hybridized carbons (Fsp3) is 0.278. The third-order valence-corrected chi connectivity index (χ3v) is 4.30. The lowest BCUT2D eigenvalue weighted by molar-refractivity contribution is -0.122. The van der Waals surface area contributed by atoms with Gasteiger partial charge >= 0.3 is 0 Å². The van der Waals surface area contributed by atoms with Gasteiger partial charge in [-0.3, -0.25) is 4.79 Å². The Balaban J connectivity index is 1.87. The second-order valence-corrected chi connectivity index (χ2v) is 6.09. The van der Waals surface area contributed by atoms with E-state index in [2.05, 4.69) is 10.6 Å². The minimum absolute atomic E-state index is 0.00748. The molecule has 2 aromatic rings. The topological polar surface area (TPSA) is 41.1 Å². The van der Waals surface area contributed by atoms with Crippen LogP contribution in [0.2, 0.25) is 5.02 Å². The first kappa shape index (κ1) is 14.9. The molecule has 0 aromatic heterocycles. The minimum atomic E-state index is -0.418. The summed E-state index contributed by atoms with van der Waals surface area (Å²) < 4.78 is 0. The summed E-state index contributed by atoms with van der Waals surface area (Å²) in [6, 6.07) is 15.4. The number of rotatable bonds is 5. The van der Waals surface area contributed by atoms with E-state index in [9.17, 15) is 4.79 Å². The quantitative estimate of drug-likeness (QED) is 0.873. The lowest BCUT2D eigenvalue weighted by Crippen LogP contribution is -2.35. The Hall–Kier alpha value is -2.00. The molecule has 1 saturated carbocycles. The summed E-state index contributed by atoms with van der Waals surface area (Å²) in [5, 5.41) is 7.11. The van der Waals surface area contributed by atoms with Crippen molar-refractivity contribution < 1.29 is 4.79 Å². The summed E-state index contributed by atoms with van der Waals surface area (Å²) in [6.07, 6.45) is 2.15. The highest BCUT2D eigenvalue weighted by molar-refractivity contribution is 6.31. The second kappa shape index (κ2) is 6.41. The van der Waals surface area contributed by atoms with Gasteiger partial charge in [-0.15, -0.1) is 0 Å². The molecule has 0 saturated heterocycles. The van der Waals surface area contributed by atoms with Crippen molar-refractivity contribution in [3.63, 3.8) is 0 Å². The van der Waals surface area contributed by atoms with Crippen molar-refractivity contribution in [3.8, 4) is 0 Å². The van der Waals surface area contributed by atoms with Crippen molar-refractivity contribution in [1.29, 1.82) is 0 Å². The van der Waals surface area contributed by atoms with E-state index in [1.165, 1.54) is 0 Å². The van der Waals surface area contributed by atoms with Gasteiger partial charge in [-0.1, -0.05) is 48.0 Å². The van der Waals surface area contributed by atoms with Gasteiger partial charge < -0.3 is 10.6 Å². The molecule has 1 fully saturated rings. The number of halogens is 1. The smallest absolute Gasteiger partial charge is 0.247 e. The second-order valence-electron chi connectivity index (χ2n) is 5.68. The number of nitrogens with one attached hydrogen (secondary N) is 2. The highest BCUT2D eigenvalue weighted by Gasteiger charge is 2.28. The third kappa shape index (κ3) is 3.42. The predicted octanol–water partition coefficient (Wildman–Crippen LogP) is 4.08. The largest absolute Gasteiger partial charge is 0.370 e. The summed E-state index contributed by atoms with van der Waals surface area (Å²) in [6.45, 7) is 1.95. The summed E-state index contributed by atoms with van der Waals surface area (Å²) in [5.41, 5.74) is 2.77.